The van der Waals surface area contributed by atoms with Crippen molar-refractivity contribution in [1.82, 2.24) is 0 Å². The third kappa shape index (κ3) is 34.6. The first kappa shape index (κ1) is 23.4. The van der Waals surface area contributed by atoms with Gasteiger partial charge < -0.3 is 10.2 Å². The van der Waals surface area contributed by atoms with E-state index in [-0.39, 0.29) is 69.1 Å². The monoisotopic (exact) mass is 221 g/mol. The summed E-state index contributed by atoms with van der Waals surface area (Å²) in [6, 6.07) is 0. The first-order chi connectivity index (χ1) is 1.91. The molecule has 0 heterocycles. The van der Waals surface area contributed by atoms with E-state index in [2.05, 4.69) is 0 Å². The molecule has 0 aromatic carbocycles. The van der Waals surface area contributed by atoms with Gasteiger partial charge in [0.25, 0.3) is 0 Å². The first-order valence-corrected chi connectivity index (χ1v) is 1.13. The van der Waals surface area contributed by atoms with Gasteiger partial charge in [-0.05, 0) is 0 Å². The number of aliphatic hydroxyl groups excluding tert-OH is 2. The van der Waals surface area contributed by atoms with Crippen molar-refractivity contribution in [3.05, 3.63) is 0 Å². The topological polar surface area (TPSA) is 40.5 Å². The van der Waals surface area contributed by atoms with Crippen LogP contribution in [-0.2, 0) is 55.9 Å². The Morgan fingerprint density at radius 1 is 1.00 bits per heavy atom. The number of rotatable bonds is 1. The van der Waals surface area contributed by atoms with Gasteiger partial charge in [0.2, 0.25) is 0 Å². The van der Waals surface area contributed by atoms with Crippen LogP contribution in [0.2, 0.25) is 0 Å². The van der Waals surface area contributed by atoms with Crippen molar-refractivity contribution in [3.8, 4) is 0 Å². The molecule has 0 saturated heterocycles. The van der Waals surface area contributed by atoms with Gasteiger partial charge in [-0.2, -0.15) is 0 Å². The van der Waals surface area contributed by atoms with Crippen LogP contribution in [0.4, 0.5) is 0 Å². The summed E-state index contributed by atoms with van der Waals surface area (Å²) in [6.07, 6.45) is 0. The maximum atomic E-state index is 7.62. The molecule has 0 spiro atoms. The number of hydrogen-bond donors (Lipinski definition) is 2. The molecule has 0 aromatic rings. The quantitative estimate of drug-likeness (QED) is 0.555. The average Bonchev–Trinajstić information content (AvgIpc) is 1.37. The maximum absolute atomic E-state index is 7.62. The van der Waals surface area contributed by atoms with Crippen molar-refractivity contribution in [1.29, 1.82) is 0 Å². The van der Waals surface area contributed by atoms with Gasteiger partial charge in [0.1, 0.15) is 0 Å². The minimum absolute atomic E-state index is 0. The molecule has 0 aliphatic heterocycles. The molecule has 0 saturated carbocycles. The summed E-state index contributed by atoms with van der Waals surface area (Å²) in [5.41, 5.74) is 0. The van der Waals surface area contributed by atoms with Crippen molar-refractivity contribution >= 4 is 0 Å². The molecule has 2 N–H and O–H groups in total. The fraction of sp³-hybridized carbons (Fsp3) is 1.00. The van der Waals surface area contributed by atoms with Gasteiger partial charge in [-0.3, -0.25) is 0 Å². The molecule has 0 amide bonds. The fourth-order valence-electron chi connectivity index (χ4n) is 0. The molecule has 0 fully saturated rings. The van der Waals surface area contributed by atoms with Gasteiger partial charge in [-0.1, -0.05) is 0 Å². The summed E-state index contributed by atoms with van der Waals surface area (Å²) in [5.74, 6) is 0. The van der Waals surface area contributed by atoms with Crippen LogP contribution in [0.3, 0.4) is 0 Å². The fourth-order valence-corrected chi connectivity index (χ4v) is 0. The van der Waals surface area contributed by atoms with Crippen LogP contribution in [0.25, 0.3) is 0 Å². The van der Waals surface area contributed by atoms with Crippen LogP contribution in [0, 0.1) is 0 Å². The molecular formula is C2H6CoCrO2Ti. The van der Waals surface area contributed by atoms with Crippen molar-refractivity contribution in [2.75, 3.05) is 13.2 Å². The molecule has 5 heteroatoms. The summed E-state index contributed by atoms with van der Waals surface area (Å²) < 4.78 is 0. The van der Waals surface area contributed by atoms with Gasteiger partial charge in [0, 0.05) is 55.9 Å². The first-order valence-electron chi connectivity index (χ1n) is 1.13. The molecule has 0 aliphatic carbocycles. The third-order valence-corrected chi connectivity index (χ3v) is 0.1000. The molecule has 1 radical (unpaired) electrons. The second-order valence-electron chi connectivity index (χ2n) is 0.447. The van der Waals surface area contributed by atoms with E-state index in [1.54, 1.807) is 0 Å². The third-order valence-electron chi connectivity index (χ3n) is 0.1000. The van der Waals surface area contributed by atoms with E-state index in [4.69, 9.17) is 10.2 Å². The zero-order valence-corrected chi connectivity index (χ0v) is 7.43. The van der Waals surface area contributed by atoms with E-state index in [9.17, 15) is 0 Å². The molecule has 0 rings (SSSR count). The average molecular weight is 221 g/mol. The minimum Gasteiger partial charge on any atom is -0.394 e. The van der Waals surface area contributed by atoms with Crippen molar-refractivity contribution in [2.45, 2.75) is 0 Å². The Hall–Kier alpha value is 1.67. The molecular weight excluding hydrogens is 215 g/mol. The summed E-state index contributed by atoms with van der Waals surface area (Å²) in [5, 5.41) is 15.2. The Balaban J connectivity index is -0.0000000150. The summed E-state index contributed by atoms with van der Waals surface area (Å²) in [7, 11) is 0. The second kappa shape index (κ2) is 25.3. The van der Waals surface area contributed by atoms with Gasteiger partial charge in [-0.25, -0.2) is 0 Å². The smallest absolute Gasteiger partial charge is 0.0662 e. The molecule has 0 atom stereocenters. The Morgan fingerprint density at radius 3 is 1.14 bits per heavy atom. The van der Waals surface area contributed by atoms with E-state index >= 15 is 0 Å². The number of aliphatic hydroxyl groups is 2. The predicted molar refractivity (Wildman–Crippen MR) is 14.2 cm³/mol. The Labute approximate surface area is 78.9 Å². The molecule has 2 nitrogen and oxygen atoms in total. The normalized spacial score (nSPS) is 4.29. The minimum atomic E-state index is -0.125. The SMILES string of the molecule is OCCO.[Co].[Cr].[Ti]. The van der Waals surface area contributed by atoms with Gasteiger partial charge in [0.05, 0.1) is 13.2 Å². The van der Waals surface area contributed by atoms with Crippen LogP contribution < -0.4 is 0 Å². The molecule has 0 aliphatic rings. The standard InChI is InChI=1S/C2H6O2.Co.Cr.Ti/c3-1-2-4;;;/h3-4H,1-2H2;;;. The molecule has 45 valence electrons. The predicted octanol–water partition coefficient (Wildman–Crippen LogP) is -1.04. The van der Waals surface area contributed by atoms with Crippen LogP contribution >= 0.6 is 0 Å². The van der Waals surface area contributed by atoms with Crippen molar-refractivity contribution < 1.29 is 66.1 Å². The van der Waals surface area contributed by atoms with Crippen molar-refractivity contribution in [3.63, 3.8) is 0 Å². The van der Waals surface area contributed by atoms with Crippen LogP contribution in [0.1, 0.15) is 0 Å². The Kier molecular flexibility index (Phi) is 84.6. The molecule has 7 heavy (non-hydrogen) atoms. The second-order valence-corrected chi connectivity index (χ2v) is 0.447. The van der Waals surface area contributed by atoms with Gasteiger partial charge in [0.15, 0.2) is 0 Å². The summed E-state index contributed by atoms with van der Waals surface area (Å²) in [6.45, 7) is -0.250. The van der Waals surface area contributed by atoms with Crippen LogP contribution in [0.5, 0.6) is 0 Å². The van der Waals surface area contributed by atoms with Crippen molar-refractivity contribution in [2.24, 2.45) is 0 Å². The zero-order chi connectivity index (χ0) is 3.41. The van der Waals surface area contributed by atoms with Gasteiger partial charge >= 0.3 is 0 Å². The zero-order valence-electron chi connectivity index (χ0n) is 3.55. The van der Waals surface area contributed by atoms with E-state index < -0.39 is 0 Å². The van der Waals surface area contributed by atoms with E-state index in [0.29, 0.717) is 0 Å². The Bertz CT molecular complexity index is 17.7. The largest absolute Gasteiger partial charge is 0.394 e. The van der Waals surface area contributed by atoms with Crippen LogP contribution in [0.15, 0.2) is 0 Å². The van der Waals surface area contributed by atoms with E-state index in [1.807, 2.05) is 0 Å². The van der Waals surface area contributed by atoms with Crippen LogP contribution in [-0.4, -0.2) is 23.4 Å². The number of hydrogen-bond acceptors (Lipinski definition) is 2. The summed E-state index contributed by atoms with van der Waals surface area (Å²) >= 11 is 0. The van der Waals surface area contributed by atoms with E-state index in [0.717, 1.165) is 0 Å². The maximum Gasteiger partial charge on any atom is 0.0662 e. The van der Waals surface area contributed by atoms with Gasteiger partial charge in [-0.15, -0.1) is 0 Å². The molecule has 0 aromatic heterocycles. The van der Waals surface area contributed by atoms with E-state index in [1.165, 1.54) is 0 Å². The summed E-state index contributed by atoms with van der Waals surface area (Å²) in [4.78, 5) is 0. The Morgan fingerprint density at radius 2 is 1.14 bits per heavy atom. The molecule has 0 unspecified atom stereocenters. The molecule has 0 bridgehead atoms.